The van der Waals surface area contributed by atoms with Gasteiger partial charge in [-0.15, -0.1) is 11.3 Å². The first kappa shape index (κ1) is 16.9. The molecule has 0 aliphatic carbocycles. The summed E-state index contributed by atoms with van der Waals surface area (Å²) >= 11 is 1.44. The van der Waals surface area contributed by atoms with Crippen molar-refractivity contribution in [1.29, 1.82) is 0 Å². The van der Waals surface area contributed by atoms with Gasteiger partial charge in [0.1, 0.15) is 6.04 Å². The lowest BCUT2D eigenvalue weighted by Crippen LogP contribution is -2.38. The van der Waals surface area contributed by atoms with Crippen LogP contribution in [0.25, 0.3) is 10.2 Å². The van der Waals surface area contributed by atoms with E-state index in [9.17, 15) is 13.2 Å². The summed E-state index contributed by atoms with van der Waals surface area (Å²) in [4.78, 5) is 15.3. The number of aliphatic carboxylic acids is 1. The summed E-state index contributed by atoms with van der Waals surface area (Å²) in [6.45, 7) is 7.40. The Kier molecular flexibility index (Phi) is 4.29. The van der Waals surface area contributed by atoms with Crippen LogP contribution in [0.3, 0.4) is 0 Å². The first-order valence-electron chi connectivity index (χ1n) is 6.67. The molecule has 2 aromatic rings. The average molecular weight is 342 g/mol. The summed E-state index contributed by atoms with van der Waals surface area (Å²) in [6.07, 6.45) is 0. The van der Waals surface area contributed by atoms with Crippen molar-refractivity contribution in [2.75, 3.05) is 0 Å². The second-order valence-corrected chi connectivity index (χ2v) is 8.82. The van der Waals surface area contributed by atoms with Gasteiger partial charge in [0.2, 0.25) is 10.0 Å². The molecule has 120 valence electrons. The van der Waals surface area contributed by atoms with E-state index in [0.29, 0.717) is 0 Å². The third-order valence-corrected chi connectivity index (χ3v) is 6.00. The number of rotatable bonds is 4. The number of nitrogens with one attached hydrogen (secondary N) is 1. The number of carboxylic acids is 1. The minimum Gasteiger partial charge on any atom is -0.480 e. The molecule has 0 aliphatic heterocycles. The van der Waals surface area contributed by atoms with Gasteiger partial charge in [-0.2, -0.15) is 4.72 Å². The summed E-state index contributed by atoms with van der Waals surface area (Å²) in [5, 5.41) is 9.74. The Labute approximate surface area is 133 Å². The molecule has 0 spiro atoms. The van der Waals surface area contributed by atoms with Crippen LogP contribution in [0.2, 0.25) is 0 Å². The highest BCUT2D eigenvalue weighted by atomic mass is 32.2. The molecular weight excluding hydrogens is 324 g/mol. The molecule has 0 fully saturated rings. The van der Waals surface area contributed by atoms with Crippen LogP contribution in [0.15, 0.2) is 23.1 Å². The Morgan fingerprint density at radius 3 is 2.55 bits per heavy atom. The summed E-state index contributed by atoms with van der Waals surface area (Å²) < 4.78 is 27.3. The SMILES string of the molecule is C[C@@H](NS(=O)(=O)c1ccc2nc(C(C)(C)C)sc2c1)C(=O)O. The number of fused-ring (bicyclic) bond motifs is 1. The highest BCUT2D eigenvalue weighted by molar-refractivity contribution is 7.89. The zero-order valence-electron chi connectivity index (χ0n) is 12.7. The van der Waals surface area contributed by atoms with Gasteiger partial charge in [-0.3, -0.25) is 4.79 Å². The molecule has 0 saturated heterocycles. The molecule has 0 saturated carbocycles. The minimum atomic E-state index is -3.87. The Morgan fingerprint density at radius 1 is 1.36 bits per heavy atom. The molecular formula is C14H18N2O4S2. The molecule has 0 amide bonds. The van der Waals surface area contributed by atoms with Gasteiger partial charge in [0.25, 0.3) is 0 Å². The molecule has 1 aromatic heterocycles. The second-order valence-electron chi connectivity index (χ2n) is 6.08. The van der Waals surface area contributed by atoms with E-state index in [1.165, 1.54) is 30.4 Å². The highest BCUT2D eigenvalue weighted by Crippen LogP contribution is 2.32. The smallest absolute Gasteiger partial charge is 0.321 e. The lowest BCUT2D eigenvalue weighted by Gasteiger charge is -2.13. The number of sulfonamides is 1. The van der Waals surface area contributed by atoms with Crippen molar-refractivity contribution in [2.45, 2.75) is 44.0 Å². The van der Waals surface area contributed by atoms with Crippen LogP contribution < -0.4 is 4.72 Å². The van der Waals surface area contributed by atoms with Crippen molar-refractivity contribution >= 4 is 37.5 Å². The van der Waals surface area contributed by atoms with E-state index in [2.05, 4.69) is 9.71 Å². The number of hydrogen-bond acceptors (Lipinski definition) is 5. The zero-order valence-corrected chi connectivity index (χ0v) is 14.4. The van der Waals surface area contributed by atoms with Gasteiger partial charge in [-0.1, -0.05) is 20.8 Å². The zero-order chi connectivity index (χ0) is 16.7. The number of aromatic nitrogens is 1. The van der Waals surface area contributed by atoms with Gasteiger partial charge >= 0.3 is 5.97 Å². The van der Waals surface area contributed by atoms with Crippen LogP contribution in [-0.4, -0.2) is 30.5 Å². The average Bonchev–Trinajstić information content (AvgIpc) is 2.80. The quantitative estimate of drug-likeness (QED) is 0.889. The maximum atomic E-state index is 12.2. The minimum absolute atomic E-state index is 0.0391. The van der Waals surface area contributed by atoms with Gasteiger partial charge in [0.15, 0.2) is 0 Å². The van der Waals surface area contributed by atoms with E-state index in [-0.39, 0.29) is 10.3 Å². The fourth-order valence-electron chi connectivity index (χ4n) is 1.74. The van der Waals surface area contributed by atoms with Gasteiger partial charge in [0.05, 0.1) is 20.1 Å². The monoisotopic (exact) mass is 342 g/mol. The van der Waals surface area contributed by atoms with Crippen molar-refractivity contribution in [2.24, 2.45) is 0 Å². The first-order valence-corrected chi connectivity index (χ1v) is 8.97. The fraction of sp³-hybridized carbons (Fsp3) is 0.429. The second kappa shape index (κ2) is 5.60. The molecule has 6 nitrogen and oxygen atoms in total. The summed E-state index contributed by atoms with van der Waals surface area (Å²) in [5.41, 5.74) is 0.624. The predicted octanol–water partition coefficient (Wildman–Crippen LogP) is 2.35. The van der Waals surface area contributed by atoms with Crippen LogP contribution in [0.1, 0.15) is 32.7 Å². The summed E-state index contributed by atoms with van der Waals surface area (Å²) in [7, 11) is -3.87. The highest BCUT2D eigenvalue weighted by Gasteiger charge is 2.23. The van der Waals surface area contributed by atoms with Crippen LogP contribution in [0.4, 0.5) is 0 Å². The van der Waals surface area contributed by atoms with Gasteiger partial charge < -0.3 is 5.11 Å². The molecule has 2 N–H and O–H groups in total. The summed E-state index contributed by atoms with van der Waals surface area (Å²) in [5.74, 6) is -1.22. The van der Waals surface area contributed by atoms with E-state index in [1.807, 2.05) is 20.8 Å². The largest absolute Gasteiger partial charge is 0.480 e. The van der Waals surface area contributed by atoms with Crippen LogP contribution in [-0.2, 0) is 20.2 Å². The summed E-state index contributed by atoms with van der Waals surface area (Å²) in [6, 6.07) is 3.42. The molecule has 1 atom stereocenters. The molecule has 2 rings (SSSR count). The Balaban J connectivity index is 2.43. The molecule has 0 aliphatic rings. The van der Waals surface area contributed by atoms with Crippen molar-refractivity contribution in [3.8, 4) is 0 Å². The number of hydrogen-bond donors (Lipinski definition) is 2. The number of benzene rings is 1. The van der Waals surface area contributed by atoms with Gasteiger partial charge in [-0.25, -0.2) is 13.4 Å². The lowest BCUT2D eigenvalue weighted by atomic mass is 9.98. The maximum absolute atomic E-state index is 12.2. The van der Waals surface area contributed by atoms with Crippen molar-refractivity contribution in [3.63, 3.8) is 0 Å². The van der Waals surface area contributed by atoms with E-state index in [4.69, 9.17) is 5.11 Å². The number of carbonyl (C=O) groups is 1. The number of thiazole rings is 1. The lowest BCUT2D eigenvalue weighted by molar-refractivity contribution is -0.138. The van der Waals surface area contributed by atoms with Crippen LogP contribution in [0, 0.1) is 0 Å². The predicted molar refractivity (Wildman–Crippen MR) is 85.7 cm³/mol. The molecule has 0 radical (unpaired) electrons. The van der Waals surface area contributed by atoms with Crippen molar-refractivity contribution in [1.82, 2.24) is 9.71 Å². The van der Waals surface area contributed by atoms with Crippen molar-refractivity contribution < 1.29 is 18.3 Å². The van der Waals surface area contributed by atoms with Gasteiger partial charge in [-0.05, 0) is 25.1 Å². The Bertz CT molecular complexity index is 819. The topological polar surface area (TPSA) is 96.4 Å². The van der Waals surface area contributed by atoms with Gasteiger partial charge in [0, 0.05) is 5.41 Å². The molecule has 22 heavy (non-hydrogen) atoms. The normalized spacial score (nSPS) is 14.2. The standard InChI is InChI=1S/C14H18N2O4S2/c1-8(12(17)18)16-22(19,20)9-5-6-10-11(7-9)21-13(15-10)14(2,3)4/h5-8,16H,1-4H3,(H,17,18)/t8-/m1/s1. The van der Waals surface area contributed by atoms with E-state index in [0.717, 1.165) is 15.2 Å². The van der Waals surface area contributed by atoms with E-state index < -0.39 is 22.0 Å². The molecule has 0 bridgehead atoms. The fourth-order valence-corrected chi connectivity index (χ4v) is 4.10. The number of nitrogens with zero attached hydrogens (tertiary/aromatic N) is 1. The van der Waals surface area contributed by atoms with Crippen LogP contribution in [0.5, 0.6) is 0 Å². The molecule has 1 aromatic carbocycles. The van der Waals surface area contributed by atoms with E-state index in [1.54, 1.807) is 6.07 Å². The van der Waals surface area contributed by atoms with Crippen molar-refractivity contribution in [3.05, 3.63) is 23.2 Å². The van der Waals surface area contributed by atoms with Crippen LogP contribution >= 0.6 is 11.3 Å². The molecule has 1 heterocycles. The number of carboxylic acid groups (broad SMARTS) is 1. The van der Waals surface area contributed by atoms with E-state index >= 15 is 0 Å². The Morgan fingerprint density at radius 2 is 2.00 bits per heavy atom. The Hall–Kier alpha value is -1.51. The third kappa shape index (κ3) is 3.45. The molecule has 0 unspecified atom stereocenters. The maximum Gasteiger partial charge on any atom is 0.321 e. The first-order chi connectivity index (χ1) is 10.0. The molecule has 8 heteroatoms. The third-order valence-electron chi connectivity index (χ3n) is 3.01.